The second-order valence-corrected chi connectivity index (χ2v) is 7.53. The molecule has 0 radical (unpaired) electrons. The monoisotopic (exact) mass is 316 g/mol. The number of nitrogens with zero attached hydrogens (tertiary/aromatic N) is 1. The summed E-state index contributed by atoms with van der Waals surface area (Å²) in [6, 6.07) is 1.54. The van der Waals surface area contributed by atoms with E-state index in [2.05, 4.69) is 18.6 Å². The summed E-state index contributed by atoms with van der Waals surface area (Å²) < 4.78 is 29.5. The number of hydrogen-bond donors (Lipinski definition) is 2. The van der Waals surface area contributed by atoms with Crippen LogP contribution in [-0.4, -0.2) is 24.1 Å². The summed E-state index contributed by atoms with van der Waals surface area (Å²) in [6.45, 7) is 9.78. The van der Waals surface area contributed by atoms with Crippen LogP contribution in [0.25, 0.3) is 0 Å². The van der Waals surface area contributed by atoms with Crippen molar-refractivity contribution in [1.29, 1.82) is 0 Å². The molecule has 0 aliphatic heterocycles. The molecule has 5 nitrogen and oxygen atoms in total. The van der Waals surface area contributed by atoms with E-state index in [-0.39, 0.29) is 23.6 Å². The maximum atomic E-state index is 12.5. The minimum absolute atomic E-state index is 0.104. The summed E-state index contributed by atoms with van der Waals surface area (Å²) >= 11 is 0. The molecule has 0 aromatic carbocycles. The lowest BCUT2D eigenvalue weighted by atomic mass is 9.96. The Morgan fingerprint density at radius 3 is 2.19 bits per heavy atom. The van der Waals surface area contributed by atoms with Gasteiger partial charge in [-0.05, 0) is 32.8 Å². The van der Waals surface area contributed by atoms with Crippen molar-refractivity contribution < 1.29 is 13.5 Å². The summed E-state index contributed by atoms with van der Waals surface area (Å²) in [5.74, 6) is 0.323. The Balaban J connectivity index is 3.03. The number of sulfonamides is 1. The average molecular weight is 316 g/mol. The third-order valence-corrected chi connectivity index (χ3v) is 5.56. The van der Waals surface area contributed by atoms with Crippen LogP contribution in [0.1, 0.15) is 59.2 Å². The molecule has 6 heteroatoms. The van der Waals surface area contributed by atoms with Crippen molar-refractivity contribution in [3.63, 3.8) is 0 Å². The molecule has 2 N–H and O–H groups in total. The normalized spacial score (nSPS) is 14.1. The van der Waals surface area contributed by atoms with Crippen LogP contribution in [0.15, 0.2) is 17.2 Å². The van der Waals surface area contributed by atoms with Crippen molar-refractivity contribution in [2.75, 3.05) is 0 Å². The van der Waals surface area contributed by atoms with Gasteiger partial charge in [-0.2, -0.15) is 0 Å². The lowest BCUT2D eigenvalue weighted by molar-refractivity contribution is 0.268. The van der Waals surface area contributed by atoms with Gasteiger partial charge in [0.15, 0.2) is 0 Å². The Morgan fingerprint density at radius 1 is 1.24 bits per heavy atom. The number of hydrogen-bond acceptors (Lipinski definition) is 3. The first-order valence-corrected chi connectivity index (χ1v) is 9.09. The molecule has 1 aromatic heterocycles. The summed E-state index contributed by atoms with van der Waals surface area (Å²) in [7, 11) is -3.55. The molecule has 0 saturated carbocycles. The number of aliphatic hydroxyl groups excluding tert-OH is 1. The SMILES string of the molecule is CCC(CC)C(C)NS(=O)(=O)c1cc(CO)n(C(C)C)c1. The van der Waals surface area contributed by atoms with Crippen LogP contribution in [0.4, 0.5) is 0 Å². The molecule has 0 aliphatic carbocycles. The van der Waals surface area contributed by atoms with E-state index in [4.69, 9.17) is 0 Å². The van der Waals surface area contributed by atoms with Crippen molar-refractivity contribution in [3.8, 4) is 0 Å². The molecular formula is C15H28N2O3S. The van der Waals surface area contributed by atoms with Gasteiger partial charge in [-0.25, -0.2) is 13.1 Å². The van der Waals surface area contributed by atoms with Gasteiger partial charge in [-0.1, -0.05) is 26.7 Å². The molecule has 1 rings (SSSR count). The van der Waals surface area contributed by atoms with Crippen molar-refractivity contribution in [1.82, 2.24) is 9.29 Å². The molecule has 21 heavy (non-hydrogen) atoms. The molecule has 0 saturated heterocycles. The summed E-state index contributed by atoms with van der Waals surface area (Å²) in [5, 5.41) is 9.36. The van der Waals surface area contributed by atoms with Gasteiger partial charge in [-0.3, -0.25) is 0 Å². The second-order valence-electron chi connectivity index (χ2n) is 5.81. The lowest BCUT2D eigenvalue weighted by Crippen LogP contribution is -2.37. The van der Waals surface area contributed by atoms with Crippen LogP contribution in [0.2, 0.25) is 0 Å². The summed E-state index contributed by atoms with van der Waals surface area (Å²) in [5.41, 5.74) is 0.612. The molecule has 0 fully saturated rings. The van der Waals surface area contributed by atoms with E-state index >= 15 is 0 Å². The van der Waals surface area contributed by atoms with Gasteiger partial charge in [0, 0.05) is 24.0 Å². The minimum Gasteiger partial charge on any atom is -0.390 e. The number of rotatable bonds is 8. The predicted octanol–water partition coefficient (Wildman–Crippen LogP) is 2.66. The molecule has 1 heterocycles. The van der Waals surface area contributed by atoms with E-state index in [9.17, 15) is 13.5 Å². The van der Waals surface area contributed by atoms with Crippen LogP contribution < -0.4 is 4.72 Å². The van der Waals surface area contributed by atoms with E-state index in [1.54, 1.807) is 16.8 Å². The highest BCUT2D eigenvalue weighted by Gasteiger charge is 2.24. The quantitative estimate of drug-likeness (QED) is 0.774. The minimum atomic E-state index is -3.55. The van der Waals surface area contributed by atoms with Gasteiger partial charge in [0.1, 0.15) is 0 Å². The highest BCUT2D eigenvalue weighted by molar-refractivity contribution is 7.89. The van der Waals surface area contributed by atoms with Crippen LogP contribution in [0.3, 0.4) is 0 Å². The lowest BCUT2D eigenvalue weighted by Gasteiger charge is -2.22. The Kier molecular flexibility index (Phi) is 6.43. The third-order valence-electron chi connectivity index (χ3n) is 4.03. The first kappa shape index (κ1) is 18.2. The van der Waals surface area contributed by atoms with E-state index in [0.29, 0.717) is 11.6 Å². The number of aliphatic hydroxyl groups is 1. The molecule has 122 valence electrons. The predicted molar refractivity (Wildman–Crippen MR) is 84.6 cm³/mol. The van der Waals surface area contributed by atoms with Crippen LogP contribution in [0.5, 0.6) is 0 Å². The van der Waals surface area contributed by atoms with Gasteiger partial charge < -0.3 is 9.67 Å². The van der Waals surface area contributed by atoms with E-state index in [0.717, 1.165) is 12.8 Å². The molecular weight excluding hydrogens is 288 g/mol. The van der Waals surface area contributed by atoms with Crippen LogP contribution in [0, 0.1) is 5.92 Å². The summed E-state index contributed by atoms with van der Waals surface area (Å²) in [4.78, 5) is 0.220. The Bertz CT molecular complexity index is 545. The van der Waals surface area contributed by atoms with Crippen LogP contribution in [-0.2, 0) is 16.6 Å². The molecule has 1 unspecified atom stereocenters. The van der Waals surface area contributed by atoms with E-state index in [1.807, 2.05) is 20.8 Å². The van der Waals surface area contributed by atoms with Crippen LogP contribution >= 0.6 is 0 Å². The van der Waals surface area contributed by atoms with Gasteiger partial charge in [-0.15, -0.1) is 0 Å². The Morgan fingerprint density at radius 2 is 1.81 bits per heavy atom. The van der Waals surface area contributed by atoms with Gasteiger partial charge >= 0.3 is 0 Å². The Labute approximate surface area is 128 Å². The number of nitrogens with one attached hydrogen (secondary N) is 1. The van der Waals surface area contributed by atoms with Gasteiger partial charge in [0.2, 0.25) is 10.0 Å². The maximum absolute atomic E-state index is 12.5. The third kappa shape index (κ3) is 4.31. The fourth-order valence-corrected chi connectivity index (χ4v) is 4.02. The Hall–Kier alpha value is -0.850. The standard InChI is InChI=1S/C15H28N2O3S/c1-6-13(7-2)12(5)16-21(19,20)15-8-14(10-18)17(9-15)11(3)4/h8-9,11-13,16,18H,6-7,10H2,1-5H3. The molecule has 0 aliphatic rings. The van der Waals surface area contributed by atoms with Crippen molar-refractivity contribution in [2.45, 2.75) is 71.0 Å². The molecule has 0 bridgehead atoms. The zero-order valence-corrected chi connectivity index (χ0v) is 14.4. The van der Waals surface area contributed by atoms with Gasteiger partial charge in [0.25, 0.3) is 0 Å². The molecule has 1 aromatic rings. The smallest absolute Gasteiger partial charge is 0.242 e. The van der Waals surface area contributed by atoms with Crippen molar-refractivity contribution in [2.24, 2.45) is 5.92 Å². The van der Waals surface area contributed by atoms with Crippen molar-refractivity contribution >= 4 is 10.0 Å². The van der Waals surface area contributed by atoms with Crippen molar-refractivity contribution in [3.05, 3.63) is 18.0 Å². The maximum Gasteiger partial charge on any atom is 0.242 e. The van der Waals surface area contributed by atoms with E-state index in [1.165, 1.54) is 0 Å². The topological polar surface area (TPSA) is 71.3 Å². The largest absolute Gasteiger partial charge is 0.390 e. The molecule has 0 amide bonds. The number of aromatic nitrogens is 1. The van der Waals surface area contributed by atoms with Gasteiger partial charge in [0.05, 0.1) is 11.5 Å². The second kappa shape index (κ2) is 7.42. The summed E-state index contributed by atoms with van der Waals surface area (Å²) in [6.07, 6.45) is 3.47. The first-order valence-electron chi connectivity index (χ1n) is 7.60. The zero-order chi connectivity index (χ0) is 16.2. The fraction of sp³-hybridized carbons (Fsp3) is 0.733. The fourth-order valence-electron chi connectivity index (χ4n) is 2.66. The highest BCUT2D eigenvalue weighted by Crippen LogP contribution is 2.21. The van der Waals surface area contributed by atoms with E-state index < -0.39 is 10.0 Å². The first-order chi connectivity index (χ1) is 9.76. The highest BCUT2D eigenvalue weighted by atomic mass is 32.2. The average Bonchev–Trinajstić information content (AvgIpc) is 2.84. The zero-order valence-electron chi connectivity index (χ0n) is 13.6. The molecule has 0 spiro atoms. The molecule has 1 atom stereocenters.